The van der Waals surface area contributed by atoms with Crippen molar-refractivity contribution in [1.29, 1.82) is 0 Å². The molecular weight excluding hydrogens is 276 g/mol. The molecule has 0 radical (unpaired) electrons. The van der Waals surface area contributed by atoms with Crippen LogP contribution in [0, 0.1) is 5.41 Å². The molecule has 4 heteroatoms. The zero-order valence-corrected chi connectivity index (χ0v) is 12.7. The van der Waals surface area contributed by atoms with E-state index in [1.807, 2.05) is 24.3 Å². The second-order valence-corrected chi connectivity index (χ2v) is 5.87. The number of hydrogen-bond acceptors (Lipinski definition) is 4. The third-order valence-electron chi connectivity index (χ3n) is 4.40. The molecule has 1 saturated heterocycles. The number of ether oxygens (including phenoxy) is 2. The molecule has 116 valence electrons. The van der Waals surface area contributed by atoms with Crippen LogP contribution in [0.2, 0.25) is 0 Å². The summed E-state index contributed by atoms with van der Waals surface area (Å²) < 4.78 is 11.4. The molecule has 1 aliphatic rings. The molecule has 0 saturated carbocycles. The predicted octanol–water partition coefficient (Wildman–Crippen LogP) is 2.88. The minimum Gasteiger partial charge on any atom is -0.493 e. The molecule has 0 spiro atoms. The van der Waals surface area contributed by atoms with Crippen LogP contribution in [0.3, 0.4) is 0 Å². The van der Waals surface area contributed by atoms with Crippen molar-refractivity contribution in [3.63, 3.8) is 0 Å². The van der Waals surface area contributed by atoms with Gasteiger partial charge < -0.3 is 15.2 Å². The Kier molecular flexibility index (Phi) is 4.71. The molecule has 4 nitrogen and oxygen atoms in total. The van der Waals surface area contributed by atoms with Gasteiger partial charge in [0.2, 0.25) is 0 Å². The monoisotopic (exact) mass is 298 g/mol. The van der Waals surface area contributed by atoms with Crippen LogP contribution in [-0.2, 0) is 4.74 Å². The molecule has 0 aliphatic carbocycles. The summed E-state index contributed by atoms with van der Waals surface area (Å²) in [5.41, 5.74) is 8.34. The Morgan fingerprint density at radius 2 is 1.64 bits per heavy atom. The normalized spacial score (nSPS) is 17.1. The van der Waals surface area contributed by atoms with E-state index in [4.69, 9.17) is 15.2 Å². The lowest BCUT2D eigenvalue weighted by molar-refractivity contribution is -0.00498. The summed E-state index contributed by atoms with van der Waals surface area (Å²) in [4.78, 5) is 4.04. The van der Waals surface area contributed by atoms with Crippen molar-refractivity contribution in [3.05, 3.63) is 48.8 Å². The van der Waals surface area contributed by atoms with E-state index in [1.54, 1.807) is 12.4 Å². The lowest BCUT2D eigenvalue weighted by Crippen LogP contribution is -2.41. The summed E-state index contributed by atoms with van der Waals surface area (Å²) >= 11 is 0. The van der Waals surface area contributed by atoms with Gasteiger partial charge in [0.25, 0.3) is 0 Å². The highest BCUT2D eigenvalue weighted by Gasteiger charge is 2.32. The van der Waals surface area contributed by atoms with E-state index in [0.29, 0.717) is 13.2 Å². The van der Waals surface area contributed by atoms with Gasteiger partial charge >= 0.3 is 0 Å². The van der Waals surface area contributed by atoms with Crippen molar-refractivity contribution in [2.45, 2.75) is 12.8 Å². The van der Waals surface area contributed by atoms with E-state index in [-0.39, 0.29) is 5.41 Å². The fraction of sp³-hybridized carbons (Fsp3) is 0.389. The highest BCUT2D eigenvalue weighted by molar-refractivity contribution is 5.63. The average molecular weight is 298 g/mol. The van der Waals surface area contributed by atoms with Crippen molar-refractivity contribution >= 4 is 0 Å². The summed E-state index contributed by atoms with van der Waals surface area (Å²) in [6.07, 6.45) is 5.54. The van der Waals surface area contributed by atoms with E-state index >= 15 is 0 Å². The molecule has 3 rings (SSSR count). The Morgan fingerprint density at radius 1 is 1.00 bits per heavy atom. The van der Waals surface area contributed by atoms with Gasteiger partial charge in [0.05, 0.1) is 6.61 Å². The number of aromatic nitrogens is 1. The van der Waals surface area contributed by atoms with Crippen LogP contribution >= 0.6 is 0 Å². The minimum atomic E-state index is 0.0576. The first-order valence-corrected chi connectivity index (χ1v) is 7.72. The molecule has 0 bridgehead atoms. The van der Waals surface area contributed by atoms with Gasteiger partial charge in [-0.3, -0.25) is 4.98 Å². The lowest BCUT2D eigenvalue weighted by Gasteiger charge is -2.35. The van der Waals surface area contributed by atoms with Crippen molar-refractivity contribution in [2.24, 2.45) is 11.1 Å². The Bertz CT molecular complexity index is 578. The molecule has 1 aliphatic heterocycles. The fourth-order valence-electron chi connectivity index (χ4n) is 2.74. The van der Waals surface area contributed by atoms with Crippen LogP contribution < -0.4 is 10.5 Å². The second kappa shape index (κ2) is 6.90. The maximum absolute atomic E-state index is 5.98. The van der Waals surface area contributed by atoms with E-state index in [0.717, 1.165) is 42.9 Å². The quantitative estimate of drug-likeness (QED) is 0.922. The minimum absolute atomic E-state index is 0.0576. The predicted molar refractivity (Wildman–Crippen MR) is 86.7 cm³/mol. The van der Waals surface area contributed by atoms with Crippen molar-refractivity contribution in [2.75, 3.05) is 26.4 Å². The molecule has 2 heterocycles. The number of nitrogens with two attached hydrogens (primary N) is 1. The lowest BCUT2D eigenvalue weighted by atomic mass is 9.81. The fourth-order valence-corrected chi connectivity index (χ4v) is 2.74. The summed E-state index contributed by atoms with van der Waals surface area (Å²) in [7, 11) is 0. The molecule has 2 aromatic rings. The summed E-state index contributed by atoms with van der Waals surface area (Å²) in [5.74, 6) is 0.886. The van der Waals surface area contributed by atoms with Crippen LogP contribution in [0.1, 0.15) is 12.8 Å². The number of pyridine rings is 1. The van der Waals surface area contributed by atoms with Crippen molar-refractivity contribution < 1.29 is 9.47 Å². The summed E-state index contributed by atoms with van der Waals surface area (Å²) in [6.45, 7) is 2.86. The summed E-state index contributed by atoms with van der Waals surface area (Å²) in [6, 6.07) is 12.2. The van der Waals surface area contributed by atoms with Gasteiger partial charge in [-0.05, 0) is 48.2 Å². The van der Waals surface area contributed by atoms with E-state index in [1.165, 1.54) is 0 Å². The maximum Gasteiger partial charge on any atom is 0.119 e. The van der Waals surface area contributed by atoms with E-state index < -0.39 is 0 Å². The topological polar surface area (TPSA) is 57.4 Å². The standard InChI is InChI=1S/C18H22N2O2/c19-13-18(7-11-21-12-8-18)14-22-17-3-1-15(2-4-17)16-5-9-20-10-6-16/h1-6,9-10H,7-8,11-14,19H2. The summed E-state index contributed by atoms with van der Waals surface area (Å²) in [5, 5.41) is 0. The SMILES string of the molecule is NCC1(COc2ccc(-c3ccncc3)cc2)CCOCC1. The average Bonchev–Trinajstić information content (AvgIpc) is 2.62. The first-order valence-electron chi connectivity index (χ1n) is 7.72. The van der Waals surface area contributed by atoms with Gasteiger partial charge in [-0.15, -0.1) is 0 Å². The number of nitrogens with zero attached hydrogens (tertiary/aromatic N) is 1. The van der Waals surface area contributed by atoms with Crippen molar-refractivity contribution in [3.8, 4) is 16.9 Å². The zero-order chi connectivity index (χ0) is 15.3. The molecule has 2 N–H and O–H groups in total. The molecule has 0 amide bonds. The van der Waals surface area contributed by atoms with Crippen LogP contribution in [0.15, 0.2) is 48.8 Å². The Hall–Kier alpha value is -1.91. The highest BCUT2D eigenvalue weighted by Crippen LogP contribution is 2.30. The smallest absolute Gasteiger partial charge is 0.119 e. The molecule has 0 unspecified atom stereocenters. The van der Waals surface area contributed by atoms with E-state index in [9.17, 15) is 0 Å². The molecule has 1 aromatic heterocycles. The van der Waals surface area contributed by atoms with Gasteiger partial charge in [0.15, 0.2) is 0 Å². The zero-order valence-electron chi connectivity index (χ0n) is 12.7. The van der Waals surface area contributed by atoms with Gasteiger partial charge in [-0.1, -0.05) is 12.1 Å². The van der Waals surface area contributed by atoms with Crippen LogP contribution in [0.4, 0.5) is 0 Å². The first-order chi connectivity index (χ1) is 10.8. The molecule has 1 fully saturated rings. The Labute approximate surface area is 131 Å². The molecular formula is C18H22N2O2. The third-order valence-corrected chi connectivity index (χ3v) is 4.40. The largest absolute Gasteiger partial charge is 0.493 e. The van der Waals surface area contributed by atoms with Gasteiger partial charge in [-0.25, -0.2) is 0 Å². The maximum atomic E-state index is 5.98. The molecule has 22 heavy (non-hydrogen) atoms. The Morgan fingerprint density at radius 3 is 2.27 bits per heavy atom. The number of rotatable bonds is 5. The Balaban J connectivity index is 1.64. The van der Waals surface area contributed by atoms with Crippen LogP contribution in [0.25, 0.3) is 11.1 Å². The number of benzene rings is 1. The first kappa shape index (κ1) is 15.0. The second-order valence-electron chi connectivity index (χ2n) is 5.87. The third kappa shape index (κ3) is 3.46. The highest BCUT2D eigenvalue weighted by atomic mass is 16.5. The van der Waals surface area contributed by atoms with E-state index in [2.05, 4.69) is 17.1 Å². The molecule has 1 aromatic carbocycles. The van der Waals surface area contributed by atoms with Gasteiger partial charge in [0.1, 0.15) is 5.75 Å². The number of hydrogen-bond donors (Lipinski definition) is 1. The van der Waals surface area contributed by atoms with Crippen LogP contribution in [-0.4, -0.2) is 31.3 Å². The molecule has 0 atom stereocenters. The van der Waals surface area contributed by atoms with Crippen LogP contribution in [0.5, 0.6) is 5.75 Å². The van der Waals surface area contributed by atoms with Gasteiger partial charge in [0, 0.05) is 37.6 Å². The van der Waals surface area contributed by atoms with Gasteiger partial charge in [-0.2, -0.15) is 0 Å². The van der Waals surface area contributed by atoms with Crippen molar-refractivity contribution in [1.82, 2.24) is 4.98 Å².